The second-order valence-corrected chi connectivity index (χ2v) is 5.16. The molecule has 2 rings (SSSR count). The van der Waals surface area contributed by atoms with Crippen molar-refractivity contribution in [2.45, 2.75) is 45.1 Å². The molecule has 15 heavy (non-hydrogen) atoms. The molecule has 3 nitrogen and oxygen atoms in total. The summed E-state index contributed by atoms with van der Waals surface area (Å²) in [6.45, 7) is 3.43. The molecule has 1 amide bonds. The number of amides is 1. The largest absolute Gasteiger partial charge is 0.391 e. The van der Waals surface area contributed by atoms with Crippen LogP contribution >= 0.6 is 0 Å². The number of carbonyl (C=O) groups excluding carboxylic acids is 1. The molecule has 1 aliphatic carbocycles. The first-order valence-electron chi connectivity index (χ1n) is 6.12. The number of rotatable bonds is 3. The van der Waals surface area contributed by atoms with Gasteiger partial charge in [0.25, 0.3) is 0 Å². The average Bonchev–Trinajstić information content (AvgIpc) is 3.02. The van der Waals surface area contributed by atoms with Crippen LogP contribution in [0.15, 0.2) is 0 Å². The molecule has 1 aliphatic heterocycles. The summed E-state index contributed by atoms with van der Waals surface area (Å²) >= 11 is 0. The van der Waals surface area contributed by atoms with Crippen LogP contribution in [0.3, 0.4) is 0 Å². The first-order chi connectivity index (χ1) is 7.16. The minimum Gasteiger partial charge on any atom is -0.391 e. The van der Waals surface area contributed by atoms with Gasteiger partial charge in [0.05, 0.1) is 6.10 Å². The Hall–Kier alpha value is -0.570. The van der Waals surface area contributed by atoms with Crippen LogP contribution in [0.2, 0.25) is 0 Å². The van der Waals surface area contributed by atoms with Gasteiger partial charge in [-0.05, 0) is 24.7 Å². The van der Waals surface area contributed by atoms with Gasteiger partial charge in [-0.25, -0.2) is 0 Å². The highest BCUT2D eigenvalue weighted by Crippen LogP contribution is 2.33. The van der Waals surface area contributed by atoms with Gasteiger partial charge >= 0.3 is 0 Å². The van der Waals surface area contributed by atoms with E-state index < -0.39 is 0 Å². The third-order valence-corrected chi connectivity index (χ3v) is 3.73. The van der Waals surface area contributed by atoms with Gasteiger partial charge in [0.1, 0.15) is 0 Å². The van der Waals surface area contributed by atoms with Gasteiger partial charge in [-0.3, -0.25) is 4.79 Å². The van der Waals surface area contributed by atoms with Gasteiger partial charge in [0.15, 0.2) is 0 Å². The van der Waals surface area contributed by atoms with Crippen molar-refractivity contribution in [1.29, 1.82) is 0 Å². The maximum Gasteiger partial charge on any atom is 0.222 e. The van der Waals surface area contributed by atoms with Crippen molar-refractivity contribution in [2.75, 3.05) is 13.1 Å². The van der Waals surface area contributed by atoms with Crippen molar-refractivity contribution in [2.24, 2.45) is 11.8 Å². The molecule has 0 aromatic heterocycles. The van der Waals surface area contributed by atoms with Crippen LogP contribution < -0.4 is 0 Å². The fourth-order valence-electron chi connectivity index (χ4n) is 2.17. The second kappa shape index (κ2) is 4.52. The minimum absolute atomic E-state index is 0.243. The molecule has 2 aliphatic rings. The summed E-state index contributed by atoms with van der Waals surface area (Å²) in [6.07, 6.45) is 4.99. The van der Waals surface area contributed by atoms with E-state index in [2.05, 4.69) is 6.92 Å². The summed E-state index contributed by atoms with van der Waals surface area (Å²) in [6, 6.07) is 0. The Morgan fingerprint density at radius 3 is 2.73 bits per heavy atom. The van der Waals surface area contributed by atoms with Gasteiger partial charge < -0.3 is 10.0 Å². The first-order valence-corrected chi connectivity index (χ1v) is 6.12. The molecular weight excluding hydrogens is 190 g/mol. The lowest BCUT2D eigenvalue weighted by Gasteiger charge is -2.34. The van der Waals surface area contributed by atoms with Crippen LogP contribution in [0.1, 0.15) is 39.0 Å². The van der Waals surface area contributed by atoms with E-state index in [1.165, 1.54) is 12.8 Å². The van der Waals surface area contributed by atoms with Gasteiger partial charge in [-0.1, -0.05) is 19.8 Å². The van der Waals surface area contributed by atoms with Crippen LogP contribution in [0.5, 0.6) is 0 Å². The van der Waals surface area contributed by atoms with Crippen LogP contribution in [0.4, 0.5) is 0 Å². The summed E-state index contributed by atoms with van der Waals surface area (Å²) in [4.78, 5) is 13.6. The number of likely N-dealkylation sites (tertiary alicyclic amines) is 1. The molecule has 1 heterocycles. The number of hydrogen-bond acceptors (Lipinski definition) is 2. The summed E-state index contributed by atoms with van der Waals surface area (Å²) in [5, 5.41) is 9.69. The van der Waals surface area contributed by atoms with E-state index in [1.807, 2.05) is 4.90 Å². The summed E-state index contributed by atoms with van der Waals surface area (Å²) in [5.41, 5.74) is 0. The van der Waals surface area contributed by atoms with Crippen molar-refractivity contribution < 1.29 is 9.90 Å². The van der Waals surface area contributed by atoms with Crippen LogP contribution in [-0.4, -0.2) is 35.1 Å². The van der Waals surface area contributed by atoms with Crippen LogP contribution in [-0.2, 0) is 4.79 Å². The normalized spacial score (nSPS) is 31.7. The highest BCUT2D eigenvalue weighted by atomic mass is 16.3. The summed E-state index contributed by atoms with van der Waals surface area (Å²) in [5.74, 6) is 1.41. The zero-order valence-corrected chi connectivity index (χ0v) is 9.48. The number of nitrogens with zero attached hydrogens (tertiary/aromatic N) is 1. The summed E-state index contributed by atoms with van der Waals surface area (Å²) in [7, 11) is 0. The molecular formula is C12H21NO2. The zero-order chi connectivity index (χ0) is 10.8. The second-order valence-electron chi connectivity index (χ2n) is 5.16. The number of carbonyl (C=O) groups is 1. The maximum atomic E-state index is 11.8. The molecule has 0 aromatic carbocycles. The minimum atomic E-state index is -0.316. The Labute approximate surface area is 91.5 Å². The maximum absolute atomic E-state index is 11.8. The molecule has 0 aromatic rings. The fraction of sp³-hybridized carbons (Fsp3) is 0.917. The topological polar surface area (TPSA) is 40.5 Å². The van der Waals surface area contributed by atoms with E-state index in [0.29, 0.717) is 18.9 Å². The Kier molecular flexibility index (Phi) is 3.29. The summed E-state index contributed by atoms with van der Waals surface area (Å²) < 4.78 is 0. The van der Waals surface area contributed by atoms with E-state index >= 15 is 0 Å². The van der Waals surface area contributed by atoms with E-state index in [-0.39, 0.29) is 12.0 Å². The highest BCUT2D eigenvalue weighted by molar-refractivity contribution is 5.76. The molecule has 86 valence electrons. The van der Waals surface area contributed by atoms with E-state index in [9.17, 15) is 9.90 Å². The lowest BCUT2D eigenvalue weighted by Crippen LogP contribution is -2.45. The van der Waals surface area contributed by atoms with Crippen molar-refractivity contribution in [1.82, 2.24) is 4.90 Å². The van der Waals surface area contributed by atoms with E-state index in [4.69, 9.17) is 0 Å². The Morgan fingerprint density at radius 2 is 2.13 bits per heavy atom. The molecule has 2 fully saturated rings. The quantitative estimate of drug-likeness (QED) is 0.766. The van der Waals surface area contributed by atoms with Crippen molar-refractivity contribution in [3.05, 3.63) is 0 Å². The van der Waals surface area contributed by atoms with Crippen molar-refractivity contribution >= 4 is 5.91 Å². The third kappa shape index (κ3) is 2.94. The number of hydrogen-bond donors (Lipinski definition) is 1. The standard InChI is InChI=1S/C12H21NO2/c1-9-6-7-13(8-11(9)14)12(15)5-4-10-2-3-10/h9-11,14H,2-8H2,1H3. The lowest BCUT2D eigenvalue weighted by molar-refractivity contribution is -0.135. The molecule has 0 spiro atoms. The first kappa shape index (κ1) is 10.9. The van der Waals surface area contributed by atoms with Crippen molar-refractivity contribution in [3.8, 4) is 0 Å². The number of aliphatic hydroxyl groups excluding tert-OH is 1. The van der Waals surface area contributed by atoms with Crippen LogP contribution in [0, 0.1) is 11.8 Å². The predicted molar refractivity (Wildman–Crippen MR) is 58.3 cm³/mol. The molecule has 1 N–H and O–H groups in total. The molecule has 0 bridgehead atoms. The van der Waals surface area contributed by atoms with E-state index in [1.54, 1.807) is 0 Å². The van der Waals surface area contributed by atoms with Crippen LogP contribution in [0.25, 0.3) is 0 Å². The lowest BCUT2D eigenvalue weighted by atomic mass is 9.96. The Morgan fingerprint density at radius 1 is 1.40 bits per heavy atom. The van der Waals surface area contributed by atoms with Gasteiger partial charge in [0.2, 0.25) is 5.91 Å². The molecule has 0 radical (unpaired) electrons. The Bertz CT molecular complexity index is 238. The molecule has 2 atom stereocenters. The number of β-amino-alcohol motifs (C(OH)–C–C–N with tert-alkyl or cyclic N) is 1. The smallest absolute Gasteiger partial charge is 0.222 e. The monoisotopic (exact) mass is 211 g/mol. The third-order valence-electron chi connectivity index (χ3n) is 3.73. The Balaban J connectivity index is 1.74. The fourth-order valence-corrected chi connectivity index (χ4v) is 2.17. The van der Waals surface area contributed by atoms with Gasteiger partial charge in [0, 0.05) is 19.5 Å². The van der Waals surface area contributed by atoms with Crippen molar-refractivity contribution in [3.63, 3.8) is 0 Å². The number of piperidine rings is 1. The number of aliphatic hydroxyl groups is 1. The molecule has 1 saturated heterocycles. The molecule has 1 saturated carbocycles. The average molecular weight is 211 g/mol. The molecule has 2 unspecified atom stereocenters. The molecule has 3 heteroatoms. The predicted octanol–water partition coefficient (Wildman–Crippen LogP) is 1.41. The van der Waals surface area contributed by atoms with Gasteiger partial charge in [-0.15, -0.1) is 0 Å². The van der Waals surface area contributed by atoms with E-state index in [0.717, 1.165) is 25.3 Å². The van der Waals surface area contributed by atoms with Gasteiger partial charge in [-0.2, -0.15) is 0 Å². The SMILES string of the molecule is CC1CCN(C(=O)CCC2CC2)CC1O. The highest BCUT2D eigenvalue weighted by Gasteiger charge is 2.28. The zero-order valence-electron chi connectivity index (χ0n) is 9.48.